The van der Waals surface area contributed by atoms with E-state index < -0.39 is 10.0 Å². The normalized spacial score (nSPS) is 34.6. The fraction of sp³-hybridized carbons (Fsp3) is 0.667. The first kappa shape index (κ1) is 17.4. The first-order chi connectivity index (χ1) is 11.8. The van der Waals surface area contributed by atoms with Crippen molar-refractivity contribution in [3.05, 3.63) is 35.1 Å². The van der Waals surface area contributed by atoms with Gasteiger partial charge in [-0.3, -0.25) is 4.90 Å². The molecule has 138 valence electrons. The van der Waals surface area contributed by atoms with Gasteiger partial charge in [-0.25, -0.2) is 17.5 Å². The van der Waals surface area contributed by atoms with Gasteiger partial charge in [0.1, 0.15) is 5.82 Å². The van der Waals surface area contributed by atoms with Crippen molar-refractivity contribution in [1.29, 1.82) is 0 Å². The fourth-order valence-electron chi connectivity index (χ4n) is 4.99. The molecule has 3 saturated heterocycles. The van der Waals surface area contributed by atoms with Crippen LogP contribution in [0, 0.1) is 24.6 Å². The van der Waals surface area contributed by atoms with Gasteiger partial charge in [0.05, 0.1) is 18.0 Å². The summed E-state index contributed by atoms with van der Waals surface area (Å²) in [7, 11) is -3.19. The standard InChI is InChI=1S/C18H25FN2O3S/c1-12-7-13(3-4-16(12)19)9-21-10-15-14(8-20-25(2,22)23)17-5-6-18(15,11-21)24-17/h3-4,7,14-15,17,20H,5-6,8-11H2,1-2H3/t14-,15+,17+,18+/m0/s1. The molecule has 3 fully saturated rings. The minimum atomic E-state index is -3.19. The van der Waals surface area contributed by atoms with Gasteiger partial charge in [-0.1, -0.05) is 12.1 Å². The highest BCUT2D eigenvalue weighted by Crippen LogP contribution is 2.54. The van der Waals surface area contributed by atoms with E-state index >= 15 is 0 Å². The molecule has 25 heavy (non-hydrogen) atoms. The highest BCUT2D eigenvalue weighted by Gasteiger charge is 2.62. The minimum absolute atomic E-state index is 0.121. The second-order valence-corrected chi connectivity index (χ2v) is 9.74. The zero-order chi connectivity index (χ0) is 17.8. The lowest BCUT2D eigenvalue weighted by Gasteiger charge is -2.29. The van der Waals surface area contributed by atoms with E-state index in [4.69, 9.17) is 4.74 Å². The van der Waals surface area contributed by atoms with E-state index in [2.05, 4.69) is 9.62 Å². The van der Waals surface area contributed by atoms with Crippen molar-refractivity contribution < 1.29 is 17.5 Å². The summed E-state index contributed by atoms with van der Waals surface area (Å²) in [5.74, 6) is 0.431. The average Bonchev–Trinajstić information content (AvgIpc) is 3.15. The average molecular weight is 368 g/mol. The van der Waals surface area contributed by atoms with Crippen molar-refractivity contribution in [2.75, 3.05) is 25.9 Å². The number of halogens is 1. The zero-order valence-electron chi connectivity index (χ0n) is 14.7. The van der Waals surface area contributed by atoms with Crippen molar-refractivity contribution in [2.45, 2.75) is 38.0 Å². The maximum atomic E-state index is 13.5. The Hall–Kier alpha value is -1.02. The van der Waals surface area contributed by atoms with Crippen molar-refractivity contribution in [3.63, 3.8) is 0 Å². The van der Waals surface area contributed by atoms with Gasteiger partial charge >= 0.3 is 0 Å². The first-order valence-corrected chi connectivity index (χ1v) is 10.7. The Morgan fingerprint density at radius 1 is 1.44 bits per heavy atom. The number of sulfonamides is 1. The molecule has 0 radical (unpaired) electrons. The smallest absolute Gasteiger partial charge is 0.208 e. The molecule has 0 unspecified atom stereocenters. The van der Waals surface area contributed by atoms with Gasteiger partial charge < -0.3 is 4.74 Å². The van der Waals surface area contributed by atoms with Crippen LogP contribution in [-0.4, -0.2) is 50.9 Å². The Morgan fingerprint density at radius 2 is 2.24 bits per heavy atom. The number of nitrogens with one attached hydrogen (secondary N) is 1. The van der Waals surface area contributed by atoms with Crippen LogP contribution in [0.2, 0.25) is 0 Å². The number of nitrogens with zero attached hydrogens (tertiary/aromatic N) is 1. The van der Waals surface area contributed by atoms with Crippen molar-refractivity contribution in [1.82, 2.24) is 9.62 Å². The molecule has 4 atom stereocenters. The zero-order valence-corrected chi connectivity index (χ0v) is 15.5. The van der Waals surface area contributed by atoms with Crippen molar-refractivity contribution in [3.8, 4) is 0 Å². The second-order valence-electron chi connectivity index (χ2n) is 7.90. The molecule has 0 aromatic heterocycles. The minimum Gasteiger partial charge on any atom is -0.370 e. The highest BCUT2D eigenvalue weighted by atomic mass is 32.2. The second kappa shape index (κ2) is 6.01. The van der Waals surface area contributed by atoms with Crippen LogP contribution in [0.15, 0.2) is 18.2 Å². The SMILES string of the molecule is Cc1cc(CN2C[C@@H]3[C@H](CNS(C)(=O)=O)[C@H]4CC[C@]3(C2)O4)ccc1F. The number of benzene rings is 1. The summed E-state index contributed by atoms with van der Waals surface area (Å²) in [5, 5.41) is 0. The van der Waals surface area contributed by atoms with Crippen LogP contribution in [0.5, 0.6) is 0 Å². The highest BCUT2D eigenvalue weighted by molar-refractivity contribution is 7.88. The van der Waals surface area contributed by atoms with Gasteiger partial charge in [-0.15, -0.1) is 0 Å². The summed E-state index contributed by atoms with van der Waals surface area (Å²) in [5.41, 5.74) is 1.65. The third kappa shape index (κ3) is 3.23. The molecule has 3 aliphatic rings. The van der Waals surface area contributed by atoms with Gasteiger partial charge in [-0.2, -0.15) is 0 Å². The van der Waals surface area contributed by atoms with E-state index in [1.807, 2.05) is 12.1 Å². The molecular formula is C18H25FN2O3S. The Morgan fingerprint density at radius 3 is 2.96 bits per heavy atom. The van der Waals surface area contributed by atoms with E-state index in [-0.39, 0.29) is 23.4 Å². The van der Waals surface area contributed by atoms with Crippen LogP contribution in [0.4, 0.5) is 4.39 Å². The number of aryl methyl sites for hydroxylation is 1. The van der Waals surface area contributed by atoms with Crippen LogP contribution < -0.4 is 4.72 Å². The summed E-state index contributed by atoms with van der Waals surface area (Å²) in [6.45, 7) is 4.80. The van der Waals surface area contributed by atoms with Gasteiger partial charge in [-0.05, 0) is 37.0 Å². The summed E-state index contributed by atoms with van der Waals surface area (Å²) in [4.78, 5) is 2.37. The van der Waals surface area contributed by atoms with E-state index in [0.717, 1.165) is 38.0 Å². The molecule has 0 saturated carbocycles. The molecular weight excluding hydrogens is 343 g/mol. The van der Waals surface area contributed by atoms with E-state index in [1.165, 1.54) is 12.3 Å². The van der Waals surface area contributed by atoms with Crippen LogP contribution in [0.1, 0.15) is 24.0 Å². The predicted octanol–water partition coefficient (Wildman–Crippen LogP) is 1.66. The molecule has 1 spiro atoms. The van der Waals surface area contributed by atoms with Gasteiger partial charge in [0.15, 0.2) is 0 Å². The molecule has 3 aliphatic heterocycles. The Labute approximate surface area is 148 Å². The topological polar surface area (TPSA) is 58.6 Å². The predicted molar refractivity (Wildman–Crippen MR) is 93.1 cm³/mol. The summed E-state index contributed by atoms with van der Waals surface area (Å²) >= 11 is 0. The number of fused-ring (bicyclic) bond motifs is 1. The van der Waals surface area contributed by atoms with E-state index in [0.29, 0.717) is 18.0 Å². The molecule has 7 heteroatoms. The number of hydrogen-bond donors (Lipinski definition) is 1. The lowest BCUT2D eigenvalue weighted by molar-refractivity contribution is 0.00220. The Bertz CT molecular complexity index is 785. The van der Waals surface area contributed by atoms with Crippen molar-refractivity contribution >= 4 is 10.0 Å². The summed E-state index contributed by atoms with van der Waals surface area (Å²) in [6.07, 6.45) is 3.44. The van der Waals surface area contributed by atoms with Crippen LogP contribution in [0.3, 0.4) is 0 Å². The maximum Gasteiger partial charge on any atom is 0.208 e. The van der Waals surface area contributed by atoms with Gasteiger partial charge in [0.2, 0.25) is 10.0 Å². The number of likely N-dealkylation sites (tertiary alicyclic amines) is 1. The molecule has 3 heterocycles. The van der Waals surface area contributed by atoms with Crippen LogP contribution in [-0.2, 0) is 21.3 Å². The molecule has 2 bridgehead atoms. The first-order valence-electron chi connectivity index (χ1n) is 8.86. The molecule has 1 aromatic rings. The number of hydrogen-bond acceptors (Lipinski definition) is 4. The van der Waals surface area contributed by atoms with Gasteiger partial charge in [0, 0.05) is 38.0 Å². The molecule has 5 nitrogen and oxygen atoms in total. The monoisotopic (exact) mass is 368 g/mol. The molecule has 1 N–H and O–H groups in total. The summed E-state index contributed by atoms with van der Waals surface area (Å²) in [6, 6.07) is 5.28. The Balaban J connectivity index is 1.46. The van der Waals surface area contributed by atoms with Gasteiger partial charge in [0.25, 0.3) is 0 Å². The molecule has 0 aliphatic carbocycles. The number of rotatable bonds is 5. The lowest BCUT2D eigenvalue weighted by atomic mass is 9.74. The van der Waals surface area contributed by atoms with Crippen molar-refractivity contribution in [2.24, 2.45) is 11.8 Å². The molecule has 0 amide bonds. The van der Waals surface area contributed by atoms with Crippen LogP contribution >= 0.6 is 0 Å². The Kier molecular flexibility index (Phi) is 4.18. The quantitative estimate of drug-likeness (QED) is 0.859. The largest absolute Gasteiger partial charge is 0.370 e. The molecule has 4 rings (SSSR count). The number of ether oxygens (including phenoxy) is 1. The molecule has 1 aromatic carbocycles. The van der Waals surface area contributed by atoms with E-state index in [1.54, 1.807) is 6.92 Å². The lowest BCUT2D eigenvalue weighted by Crippen LogP contribution is -2.41. The maximum absolute atomic E-state index is 13.5. The third-order valence-electron chi connectivity index (χ3n) is 6.06. The fourth-order valence-corrected chi connectivity index (χ4v) is 5.49. The van der Waals surface area contributed by atoms with E-state index in [9.17, 15) is 12.8 Å². The third-order valence-corrected chi connectivity index (χ3v) is 6.76. The summed E-state index contributed by atoms with van der Waals surface area (Å²) < 4.78 is 45.4. The van der Waals surface area contributed by atoms with Crippen LogP contribution in [0.25, 0.3) is 0 Å².